The first-order valence-corrected chi connectivity index (χ1v) is 9.36. The van der Waals surface area contributed by atoms with Crippen LogP contribution in [0.3, 0.4) is 0 Å². The fourth-order valence-electron chi connectivity index (χ4n) is 3.30. The highest BCUT2D eigenvalue weighted by atomic mass is 19.1. The summed E-state index contributed by atoms with van der Waals surface area (Å²) in [6, 6.07) is 1.31. The van der Waals surface area contributed by atoms with E-state index in [9.17, 15) is 18.8 Å². The first kappa shape index (κ1) is 20.0. The number of ether oxygens (including phenoxy) is 1. The lowest BCUT2D eigenvalue weighted by molar-refractivity contribution is -0.134. The second-order valence-corrected chi connectivity index (χ2v) is 8.02. The number of carbonyl (C=O) groups is 3. The van der Waals surface area contributed by atoms with Gasteiger partial charge in [-0.2, -0.15) is 0 Å². The van der Waals surface area contributed by atoms with E-state index in [-0.39, 0.29) is 30.4 Å². The molecule has 8 nitrogen and oxygen atoms in total. The smallest absolute Gasteiger partial charge is 0.410 e. The van der Waals surface area contributed by atoms with Crippen LogP contribution in [0.15, 0.2) is 12.3 Å². The number of aromatic nitrogens is 1. The summed E-state index contributed by atoms with van der Waals surface area (Å²) in [4.78, 5) is 43.2. The van der Waals surface area contributed by atoms with Gasteiger partial charge < -0.3 is 14.5 Å². The molecule has 3 rings (SSSR count). The Labute approximate surface area is 163 Å². The Morgan fingerprint density at radius 2 is 1.93 bits per heavy atom. The minimum atomic E-state index is -0.705. The third-order valence-corrected chi connectivity index (χ3v) is 4.74. The zero-order chi connectivity index (χ0) is 20.5. The molecule has 0 spiro atoms. The molecule has 1 aromatic rings. The average Bonchev–Trinajstić information content (AvgIpc) is 2.61. The van der Waals surface area contributed by atoms with E-state index < -0.39 is 23.2 Å². The van der Waals surface area contributed by atoms with Gasteiger partial charge in [0.25, 0.3) is 0 Å². The number of piperazine rings is 1. The lowest BCUT2D eigenvalue weighted by Crippen LogP contribution is -2.50. The number of piperidine rings is 1. The molecule has 1 atom stereocenters. The molecule has 1 unspecified atom stereocenters. The molecule has 0 saturated carbocycles. The number of anilines is 1. The van der Waals surface area contributed by atoms with E-state index in [4.69, 9.17) is 4.74 Å². The molecule has 152 valence electrons. The molecule has 0 radical (unpaired) electrons. The Morgan fingerprint density at radius 3 is 2.50 bits per heavy atom. The number of halogens is 1. The number of rotatable bonds is 2. The first-order chi connectivity index (χ1) is 13.1. The lowest BCUT2D eigenvalue weighted by atomic mass is 9.91. The number of carbonyl (C=O) groups excluding carboxylic acids is 3. The van der Waals surface area contributed by atoms with Crippen molar-refractivity contribution in [3.63, 3.8) is 0 Å². The Bertz CT molecular complexity index is 785. The van der Waals surface area contributed by atoms with Crippen LogP contribution in [0.4, 0.5) is 15.0 Å². The van der Waals surface area contributed by atoms with Crippen molar-refractivity contribution in [2.75, 3.05) is 31.1 Å². The van der Waals surface area contributed by atoms with Crippen LogP contribution in [0, 0.1) is 5.82 Å². The van der Waals surface area contributed by atoms with Crippen LogP contribution in [0.5, 0.6) is 0 Å². The van der Waals surface area contributed by atoms with Gasteiger partial charge in [0.05, 0.1) is 5.92 Å². The molecule has 1 aromatic heterocycles. The largest absolute Gasteiger partial charge is 0.444 e. The van der Waals surface area contributed by atoms with Gasteiger partial charge >= 0.3 is 6.09 Å². The number of imide groups is 1. The van der Waals surface area contributed by atoms with Gasteiger partial charge in [-0.15, -0.1) is 0 Å². The Balaban J connectivity index is 1.63. The van der Waals surface area contributed by atoms with Crippen molar-refractivity contribution >= 4 is 23.7 Å². The number of pyridine rings is 1. The summed E-state index contributed by atoms with van der Waals surface area (Å²) in [6.45, 7) is 7.36. The molecule has 3 heterocycles. The normalized spacial score (nSPS) is 20.8. The van der Waals surface area contributed by atoms with E-state index in [1.807, 2.05) is 25.7 Å². The summed E-state index contributed by atoms with van der Waals surface area (Å²) in [6.07, 6.45) is 1.46. The highest BCUT2D eigenvalue weighted by Crippen LogP contribution is 2.28. The topological polar surface area (TPSA) is 91.8 Å². The standard InChI is InChI=1S/C19H25FN4O4/c1-19(2,3)28-18(27)24-8-6-23(7-9-24)15-10-14(20)13(11-21-15)12-4-5-16(25)22-17(12)26/h10-12H,4-9H2,1-3H3,(H,22,25,26). The summed E-state index contributed by atoms with van der Waals surface area (Å²) < 4.78 is 20.0. The van der Waals surface area contributed by atoms with Gasteiger partial charge in [0.15, 0.2) is 0 Å². The van der Waals surface area contributed by atoms with E-state index in [1.165, 1.54) is 12.3 Å². The Hall–Kier alpha value is -2.71. The van der Waals surface area contributed by atoms with Crippen molar-refractivity contribution in [2.24, 2.45) is 0 Å². The van der Waals surface area contributed by atoms with E-state index >= 15 is 0 Å². The minimum Gasteiger partial charge on any atom is -0.444 e. The van der Waals surface area contributed by atoms with Crippen LogP contribution in [0.2, 0.25) is 0 Å². The molecule has 2 aliphatic rings. The van der Waals surface area contributed by atoms with Crippen LogP contribution in [0.1, 0.15) is 45.1 Å². The quantitative estimate of drug-likeness (QED) is 0.772. The molecule has 9 heteroatoms. The average molecular weight is 392 g/mol. The molecule has 2 fully saturated rings. The zero-order valence-corrected chi connectivity index (χ0v) is 16.3. The van der Waals surface area contributed by atoms with E-state index in [2.05, 4.69) is 10.3 Å². The van der Waals surface area contributed by atoms with Crippen molar-refractivity contribution in [3.8, 4) is 0 Å². The van der Waals surface area contributed by atoms with E-state index in [1.54, 1.807) is 4.90 Å². The monoisotopic (exact) mass is 392 g/mol. The highest BCUT2D eigenvalue weighted by Gasteiger charge is 2.31. The number of nitrogens with one attached hydrogen (secondary N) is 1. The van der Waals surface area contributed by atoms with Crippen LogP contribution < -0.4 is 10.2 Å². The van der Waals surface area contributed by atoms with Gasteiger partial charge in [0, 0.05) is 50.4 Å². The van der Waals surface area contributed by atoms with Crippen LogP contribution in [0.25, 0.3) is 0 Å². The molecule has 28 heavy (non-hydrogen) atoms. The van der Waals surface area contributed by atoms with Crippen molar-refractivity contribution < 1.29 is 23.5 Å². The molecule has 2 saturated heterocycles. The zero-order valence-electron chi connectivity index (χ0n) is 16.3. The SMILES string of the molecule is CC(C)(C)OC(=O)N1CCN(c2cc(F)c(C3CCC(=O)NC3=O)cn2)CC1. The van der Waals surface area contributed by atoms with Gasteiger partial charge in [0.1, 0.15) is 17.2 Å². The van der Waals surface area contributed by atoms with Gasteiger partial charge in [0.2, 0.25) is 11.8 Å². The maximum absolute atomic E-state index is 14.6. The van der Waals surface area contributed by atoms with Crippen molar-refractivity contribution in [2.45, 2.75) is 45.1 Å². The maximum Gasteiger partial charge on any atom is 0.410 e. The molecule has 3 amide bonds. The summed E-state index contributed by atoms with van der Waals surface area (Å²) in [5, 5.41) is 2.23. The molecule has 1 N–H and O–H groups in total. The van der Waals surface area contributed by atoms with Crippen molar-refractivity contribution in [1.82, 2.24) is 15.2 Å². The minimum absolute atomic E-state index is 0.185. The van der Waals surface area contributed by atoms with Crippen LogP contribution >= 0.6 is 0 Å². The van der Waals surface area contributed by atoms with Crippen LogP contribution in [-0.2, 0) is 14.3 Å². The lowest BCUT2D eigenvalue weighted by Gasteiger charge is -2.36. The molecule has 2 aliphatic heterocycles. The van der Waals surface area contributed by atoms with E-state index in [0.717, 1.165) is 0 Å². The van der Waals surface area contributed by atoms with E-state index in [0.29, 0.717) is 32.0 Å². The summed E-state index contributed by atoms with van der Waals surface area (Å²) in [5.74, 6) is -1.60. The summed E-state index contributed by atoms with van der Waals surface area (Å²) in [5.41, 5.74) is -0.355. The number of nitrogens with zero attached hydrogens (tertiary/aromatic N) is 3. The predicted octanol–water partition coefficient (Wildman–Crippen LogP) is 1.80. The number of amides is 3. The fraction of sp³-hybridized carbons (Fsp3) is 0.579. The molecular formula is C19H25FN4O4. The molecule has 0 bridgehead atoms. The molecular weight excluding hydrogens is 367 g/mol. The summed E-state index contributed by atoms with van der Waals surface area (Å²) in [7, 11) is 0. The summed E-state index contributed by atoms with van der Waals surface area (Å²) >= 11 is 0. The van der Waals surface area contributed by atoms with Crippen molar-refractivity contribution in [3.05, 3.63) is 23.6 Å². The fourth-order valence-corrected chi connectivity index (χ4v) is 3.30. The van der Waals surface area contributed by atoms with Gasteiger partial charge in [-0.3, -0.25) is 14.9 Å². The molecule has 0 aromatic carbocycles. The third-order valence-electron chi connectivity index (χ3n) is 4.74. The number of hydrogen-bond acceptors (Lipinski definition) is 6. The maximum atomic E-state index is 14.6. The third kappa shape index (κ3) is 4.58. The van der Waals surface area contributed by atoms with Gasteiger partial charge in [-0.1, -0.05) is 0 Å². The van der Waals surface area contributed by atoms with Crippen molar-refractivity contribution in [1.29, 1.82) is 0 Å². The second-order valence-electron chi connectivity index (χ2n) is 8.02. The Morgan fingerprint density at radius 1 is 1.25 bits per heavy atom. The predicted molar refractivity (Wildman–Crippen MR) is 99.3 cm³/mol. The van der Waals surface area contributed by atoms with Gasteiger partial charge in [-0.05, 0) is 27.2 Å². The molecule has 0 aliphatic carbocycles. The van der Waals surface area contributed by atoms with Gasteiger partial charge in [-0.25, -0.2) is 14.2 Å². The highest BCUT2D eigenvalue weighted by molar-refractivity contribution is 6.00. The number of hydrogen-bond donors (Lipinski definition) is 1. The first-order valence-electron chi connectivity index (χ1n) is 9.36. The van der Waals surface area contributed by atoms with Crippen LogP contribution in [-0.4, -0.2) is 59.6 Å². The Kier molecular flexibility index (Phi) is 5.53. The second kappa shape index (κ2) is 7.73.